The average Bonchev–Trinajstić information content (AvgIpc) is 2.79. The van der Waals surface area contributed by atoms with Gasteiger partial charge in [0.15, 0.2) is 0 Å². The number of para-hydroxylation sites is 1. The number of anilines is 1. The van der Waals surface area contributed by atoms with Gasteiger partial charge >= 0.3 is 0 Å². The van der Waals surface area contributed by atoms with E-state index in [4.69, 9.17) is 0 Å². The number of carbonyl (C=O) groups is 1. The molecular weight excluding hydrogens is 428 g/mol. The Balaban J connectivity index is 1.65. The number of sulfonamides is 1. The van der Waals surface area contributed by atoms with Gasteiger partial charge in [-0.15, -0.1) is 11.8 Å². The largest absolute Gasteiger partial charge is 0.354 e. The smallest absolute Gasteiger partial charge is 0.264 e. The highest BCUT2D eigenvalue weighted by Gasteiger charge is 2.27. The van der Waals surface area contributed by atoms with E-state index in [2.05, 4.69) is 17.4 Å². The predicted molar refractivity (Wildman–Crippen MR) is 127 cm³/mol. The minimum Gasteiger partial charge on any atom is -0.354 e. The van der Waals surface area contributed by atoms with Crippen LogP contribution < -0.4 is 9.62 Å². The second-order valence-electron chi connectivity index (χ2n) is 6.98. The number of hydrogen-bond acceptors (Lipinski definition) is 4. The molecule has 0 saturated carbocycles. The van der Waals surface area contributed by atoms with Crippen LogP contribution in [0.2, 0.25) is 0 Å². The van der Waals surface area contributed by atoms with Gasteiger partial charge in [0.05, 0.1) is 10.6 Å². The van der Waals surface area contributed by atoms with Gasteiger partial charge in [0, 0.05) is 11.4 Å². The first-order valence-electron chi connectivity index (χ1n) is 10.1. The lowest BCUT2D eigenvalue weighted by Gasteiger charge is -2.25. The summed E-state index contributed by atoms with van der Waals surface area (Å²) in [5.74, 6) is 0.543. The van der Waals surface area contributed by atoms with Crippen LogP contribution in [0, 0.1) is 6.92 Å². The van der Waals surface area contributed by atoms with Crippen molar-refractivity contribution >= 4 is 33.4 Å². The van der Waals surface area contributed by atoms with Crippen LogP contribution in [0.4, 0.5) is 5.69 Å². The zero-order valence-electron chi connectivity index (χ0n) is 17.4. The van der Waals surface area contributed by atoms with Crippen molar-refractivity contribution in [2.24, 2.45) is 0 Å². The highest BCUT2D eigenvalue weighted by Crippen LogP contribution is 2.26. The van der Waals surface area contributed by atoms with Crippen LogP contribution in [0.5, 0.6) is 0 Å². The molecule has 0 aliphatic rings. The summed E-state index contributed by atoms with van der Waals surface area (Å²) in [7, 11) is -3.87. The lowest BCUT2D eigenvalue weighted by Crippen LogP contribution is -2.41. The van der Waals surface area contributed by atoms with Crippen LogP contribution in [-0.4, -0.2) is 33.2 Å². The number of hydrogen-bond donors (Lipinski definition) is 1. The van der Waals surface area contributed by atoms with Crippen LogP contribution in [-0.2, 0) is 14.8 Å². The van der Waals surface area contributed by atoms with E-state index in [-0.39, 0.29) is 17.3 Å². The van der Waals surface area contributed by atoms with Crippen molar-refractivity contribution in [2.75, 3.05) is 23.1 Å². The summed E-state index contributed by atoms with van der Waals surface area (Å²) in [6, 6.07) is 25.4. The average molecular weight is 455 g/mol. The zero-order chi connectivity index (χ0) is 22.1. The molecule has 5 nitrogen and oxygen atoms in total. The highest BCUT2D eigenvalue weighted by atomic mass is 32.2. The molecule has 0 unspecified atom stereocenters. The maximum atomic E-state index is 13.3. The second kappa shape index (κ2) is 11.0. The van der Waals surface area contributed by atoms with E-state index in [9.17, 15) is 13.2 Å². The molecule has 0 saturated heterocycles. The zero-order valence-corrected chi connectivity index (χ0v) is 19.0. The molecule has 1 N–H and O–H groups in total. The molecule has 0 bridgehead atoms. The molecule has 162 valence electrons. The Morgan fingerprint density at radius 2 is 1.52 bits per heavy atom. The summed E-state index contributed by atoms with van der Waals surface area (Å²) in [6.07, 6.45) is 0.793. The van der Waals surface area contributed by atoms with Gasteiger partial charge in [0.1, 0.15) is 6.54 Å². The summed E-state index contributed by atoms with van der Waals surface area (Å²) in [5.41, 5.74) is 1.29. The van der Waals surface area contributed by atoms with E-state index < -0.39 is 10.0 Å². The van der Waals surface area contributed by atoms with E-state index in [1.165, 1.54) is 9.20 Å². The van der Waals surface area contributed by atoms with Gasteiger partial charge in [-0.3, -0.25) is 9.10 Å². The van der Waals surface area contributed by atoms with E-state index in [1.807, 2.05) is 37.3 Å². The molecule has 0 aliphatic carbocycles. The molecule has 3 rings (SSSR count). The fourth-order valence-corrected chi connectivity index (χ4v) is 5.44. The van der Waals surface area contributed by atoms with Crippen LogP contribution in [0.15, 0.2) is 94.7 Å². The summed E-state index contributed by atoms with van der Waals surface area (Å²) >= 11 is 1.73. The second-order valence-corrected chi connectivity index (χ2v) is 10.0. The van der Waals surface area contributed by atoms with Gasteiger partial charge in [0.2, 0.25) is 5.91 Å². The molecular formula is C24H26N2O3S2. The fourth-order valence-electron chi connectivity index (χ4n) is 3.06. The number of amides is 1. The Bertz CT molecular complexity index is 1090. The lowest BCUT2D eigenvalue weighted by atomic mass is 10.2. The topological polar surface area (TPSA) is 66.5 Å². The van der Waals surface area contributed by atoms with Crippen LogP contribution in [0.25, 0.3) is 0 Å². The minimum atomic E-state index is -3.87. The summed E-state index contributed by atoms with van der Waals surface area (Å²) in [6.45, 7) is 2.06. The third-order valence-corrected chi connectivity index (χ3v) is 7.53. The van der Waals surface area contributed by atoms with Crippen LogP contribution in [0.1, 0.15) is 12.0 Å². The molecule has 7 heteroatoms. The van der Waals surface area contributed by atoms with Gasteiger partial charge < -0.3 is 5.32 Å². The molecule has 3 aromatic carbocycles. The molecule has 0 aromatic heterocycles. The molecule has 1 amide bonds. The normalized spacial score (nSPS) is 11.1. The SMILES string of the molecule is Cc1ccccc1N(CC(=O)NCCCSc1ccccc1)S(=O)(=O)c1ccccc1. The Hall–Kier alpha value is -2.77. The Morgan fingerprint density at radius 3 is 2.19 bits per heavy atom. The number of nitrogens with one attached hydrogen (secondary N) is 1. The summed E-state index contributed by atoms with van der Waals surface area (Å²) < 4.78 is 27.8. The first-order chi connectivity index (χ1) is 15.0. The number of aryl methyl sites for hydroxylation is 1. The van der Waals surface area contributed by atoms with E-state index >= 15 is 0 Å². The first-order valence-corrected chi connectivity index (χ1v) is 12.5. The van der Waals surface area contributed by atoms with Crippen molar-refractivity contribution in [3.63, 3.8) is 0 Å². The maximum Gasteiger partial charge on any atom is 0.264 e. The van der Waals surface area contributed by atoms with Crippen molar-refractivity contribution in [2.45, 2.75) is 23.1 Å². The first kappa shape index (κ1) is 22.9. The van der Waals surface area contributed by atoms with Gasteiger partial charge in [-0.2, -0.15) is 0 Å². The van der Waals surface area contributed by atoms with E-state index in [0.29, 0.717) is 12.2 Å². The van der Waals surface area contributed by atoms with Crippen molar-refractivity contribution in [3.8, 4) is 0 Å². The number of rotatable bonds is 10. The number of nitrogens with zero attached hydrogens (tertiary/aromatic N) is 1. The van der Waals surface area contributed by atoms with Crippen molar-refractivity contribution in [1.82, 2.24) is 5.32 Å². The van der Waals surface area contributed by atoms with Gasteiger partial charge in [0.25, 0.3) is 10.0 Å². The predicted octanol–water partition coefficient (Wildman–Crippen LogP) is 4.49. The molecule has 0 spiro atoms. The Morgan fingerprint density at radius 1 is 0.903 bits per heavy atom. The number of thioether (sulfide) groups is 1. The minimum absolute atomic E-state index is 0.158. The van der Waals surface area contributed by atoms with Crippen molar-refractivity contribution in [1.29, 1.82) is 0 Å². The van der Waals surface area contributed by atoms with Crippen molar-refractivity contribution in [3.05, 3.63) is 90.5 Å². The maximum absolute atomic E-state index is 13.3. The summed E-state index contributed by atoms with van der Waals surface area (Å²) in [5, 5.41) is 2.85. The van der Waals surface area contributed by atoms with Crippen LogP contribution in [0.3, 0.4) is 0 Å². The molecule has 0 heterocycles. The quantitative estimate of drug-likeness (QED) is 0.362. The molecule has 0 atom stereocenters. The highest BCUT2D eigenvalue weighted by molar-refractivity contribution is 7.99. The third kappa shape index (κ3) is 6.35. The lowest BCUT2D eigenvalue weighted by molar-refractivity contribution is -0.119. The van der Waals surface area contributed by atoms with Gasteiger partial charge in [-0.05, 0) is 55.0 Å². The van der Waals surface area contributed by atoms with Crippen molar-refractivity contribution < 1.29 is 13.2 Å². The Labute approximate surface area is 188 Å². The third-order valence-electron chi connectivity index (χ3n) is 4.66. The molecule has 31 heavy (non-hydrogen) atoms. The fraction of sp³-hybridized carbons (Fsp3) is 0.208. The number of benzene rings is 3. The molecule has 3 aromatic rings. The van der Waals surface area contributed by atoms with Gasteiger partial charge in [-0.25, -0.2) is 8.42 Å². The number of carbonyl (C=O) groups excluding carboxylic acids is 1. The summed E-state index contributed by atoms with van der Waals surface area (Å²) in [4.78, 5) is 14.0. The molecule has 0 radical (unpaired) electrons. The Kier molecular flexibility index (Phi) is 8.14. The molecule has 0 fully saturated rings. The van der Waals surface area contributed by atoms with Crippen LogP contribution >= 0.6 is 11.8 Å². The van der Waals surface area contributed by atoms with E-state index in [1.54, 1.807) is 54.2 Å². The monoisotopic (exact) mass is 454 g/mol. The van der Waals surface area contributed by atoms with Gasteiger partial charge in [-0.1, -0.05) is 54.6 Å². The molecule has 0 aliphatic heterocycles. The standard InChI is InChI=1S/C24H26N2O3S2/c1-20-11-8-9-16-23(20)26(31(28,29)22-14-6-3-7-15-22)19-24(27)25-17-10-18-30-21-12-4-2-5-13-21/h2-9,11-16H,10,17-19H2,1H3,(H,25,27). The van der Waals surface area contributed by atoms with E-state index in [0.717, 1.165) is 17.7 Å².